The second-order valence-corrected chi connectivity index (χ2v) is 7.87. The number of carbonyl (C=O) groups is 3. The second kappa shape index (κ2) is 11.9. The van der Waals surface area contributed by atoms with E-state index in [2.05, 4.69) is 34.6 Å². The quantitative estimate of drug-likeness (QED) is 0.275. The van der Waals surface area contributed by atoms with E-state index in [1.54, 1.807) is 16.7 Å². The number of rotatable bonds is 9. The summed E-state index contributed by atoms with van der Waals surface area (Å²) in [7, 11) is 0. The molecule has 0 aliphatic carbocycles. The van der Waals surface area contributed by atoms with E-state index in [4.69, 9.17) is 4.74 Å². The maximum Gasteiger partial charge on any atom is 0.357 e. The number of ether oxygens (including phenoxy) is 1. The molecule has 2 aromatic carbocycles. The molecule has 0 unspecified atom stereocenters. The smallest absolute Gasteiger partial charge is 0.357 e. The van der Waals surface area contributed by atoms with Gasteiger partial charge in [0.2, 0.25) is 0 Å². The topological polar surface area (TPSA) is 106 Å². The van der Waals surface area contributed by atoms with E-state index in [-0.39, 0.29) is 5.69 Å². The molecular formula is C24H27N5O4S. The van der Waals surface area contributed by atoms with Crippen molar-refractivity contribution in [2.24, 2.45) is 0 Å². The zero-order valence-electron chi connectivity index (χ0n) is 19.3. The third-order valence-corrected chi connectivity index (χ3v) is 5.70. The molecule has 0 bridgehead atoms. The van der Waals surface area contributed by atoms with Crippen molar-refractivity contribution >= 4 is 35.2 Å². The Bertz CT molecular complexity index is 1130. The number of carbonyl (C=O) groups excluding carboxylic acids is 3. The molecule has 3 aromatic rings. The van der Waals surface area contributed by atoms with Crippen molar-refractivity contribution in [2.75, 3.05) is 30.9 Å². The van der Waals surface area contributed by atoms with E-state index in [0.29, 0.717) is 10.7 Å². The van der Waals surface area contributed by atoms with Crippen LogP contribution in [0, 0.1) is 0 Å². The van der Waals surface area contributed by atoms with Crippen LogP contribution in [0.3, 0.4) is 0 Å². The average molecular weight is 482 g/mol. The summed E-state index contributed by atoms with van der Waals surface area (Å²) in [6.07, 6.45) is 3.26. The number of hydrogen-bond acceptors (Lipinski definition) is 7. The Morgan fingerprint density at radius 3 is 2.29 bits per heavy atom. The molecule has 3 rings (SSSR count). The maximum atomic E-state index is 12.6. The van der Waals surface area contributed by atoms with Gasteiger partial charge >= 0.3 is 5.97 Å². The summed E-state index contributed by atoms with van der Waals surface area (Å²) < 4.78 is 6.80. The van der Waals surface area contributed by atoms with Crippen molar-refractivity contribution in [3.8, 4) is 5.69 Å². The van der Waals surface area contributed by atoms with E-state index < -0.39 is 24.4 Å². The van der Waals surface area contributed by atoms with Gasteiger partial charge < -0.3 is 9.64 Å². The fourth-order valence-electron chi connectivity index (χ4n) is 3.30. The Hall–Kier alpha value is -3.79. The zero-order chi connectivity index (χ0) is 24.5. The van der Waals surface area contributed by atoms with Gasteiger partial charge in [0.1, 0.15) is 0 Å². The summed E-state index contributed by atoms with van der Waals surface area (Å²) in [6.45, 7) is 5.28. The normalized spacial score (nSPS) is 10.4. The van der Waals surface area contributed by atoms with Crippen LogP contribution >= 0.6 is 11.8 Å². The van der Waals surface area contributed by atoms with Gasteiger partial charge in [-0.1, -0.05) is 30.0 Å². The van der Waals surface area contributed by atoms with Gasteiger partial charge in [-0.3, -0.25) is 25.0 Å². The summed E-state index contributed by atoms with van der Waals surface area (Å²) in [4.78, 5) is 43.4. The van der Waals surface area contributed by atoms with Crippen molar-refractivity contribution in [1.82, 2.24) is 20.4 Å². The molecule has 0 radical (unpaired) electrons. The Kier molecular flexibility index (Phi) is 8.69. The molecule has 9 nitrogen and oxygen atoms in total. The number of esters is 1. The van der Waals surface area contributed by atoms with Crippen molar-refractivity contribution in [2.45, 2.75) is 19.0 Å². The molecule has 0 aliphatic rings. The predicted molar refractivity (Wildman–Crippen MR) is 131 cm³/mol. The van der Waals surface area contributed by atoms with Crippen LogP contribution in [0.25, 0.3) is 5.69 Å². The average Bonchev–Trinajstić information content (AvgIpc) is 3.32. The molecule has 10 heteroatoms. The molecule has 0 atom stereocenters. The van der Waals surface area contributed by atoms with E-state index in [1.165, 1.54) is 18.0 Å². The lowest BCUT2D eigenvalue weighted by Gasteiger charge is -2.21. The van der Waals surface area contributed by atoms with Crippen molar-refractivity contribution in [1.29, 1.82) is 0 Å². The number of anilines is 1. The summed E-state index contributed by atoms with van der Waals surface area (Å²) in [5.41, 5.74) is 6.93. The number of imidazole rings is 1. The molecule has 2 amide bonds. The summed E-state index contributed by atoms with van der Waals surface area (Å²) in [5.74, 6) is -1.85. The third-order valence-electron chi connectivity index (χ3n) is 5.04. The van der Waals surface area contributed by atoms with Crippen LogP contribution in [0.5, 0.6) is 0 Å². The predicted octanol–water partition coefficient (Wildman–Crippen LogP) is 3.06. The van der Waals surface area contributed by atoms with Gasteiger partial charge in [0.05, 0.1) is 6.20 Å². The Morgan fingerprint density at radius 2 is 1.68 bits per heavy atom. The molecule has 0 spiro atoms. The first-order valence-corrected chi connectivity index (χ1v) is 12.0. The lowest BCUT2D eigenvalue weighted by molar-refractivity contribution is -0.125. The first-order valence-electron chi connectivity index (χ1n) is 10.8. The van der Waals surface area contributed by atoms with Gasteiger partial charge in [-0.2, -0.15) is 0 Å². The molecule has 0 saturated heterocycles. The zero-order valence-corrected chi connectivity index (χ0v) is 20.1. The van der Waals surface area contributed by atoms with Gasteiger partial charge in [-0.15, -0.1) is 0 Å². The molecule has 178 valence electrons. The number of para-hydroxylation sites is 1. The SMILES string of the molecule is CCN(CC)c1ccc(C(=O)NNC(=O)COC(=O)c2cnc(SC)n2-c2ccccc2)cc1. The fraction of sp³-hybridized carbons (Fsp3) is 0.250. The van der Waals surface area contributed by atoms with Crippen LogP contribution in [0.2, 0.25) is 0 Å². The van der Waals surface area contributed by atoms with Crippen LogP contribution < -0.4 is 15.8 Å². The number of amides is 2. The minimum Gasteiger partial charge on any atom is -0.451 e. The van der Waals surface area contributed by atoms with Crippen LogP contribution in [-0.2, 0) is 9.53 Å². The number of nitrogens with one attached hydrogen (secondary N) is 2. The van der Waals surface area contributed by atoms with Crippen LogP contribution in [-0.4, -0.2) is 53.3 Å². The number of benzene rings is 2. The first-order chi connectivity index (χ1) is 16.5. The van der Waals surface area contributed by atoms with E-state index in [1.807, 2.05) is 48.7 Å². The van der Waals surface area contributed by atoms with Gasteiger partial charge in [-0.05, 0) is 56.5 Å². The molecule has 0 fully saturated rings. The van der Waals surface area contributed by atoms with Crippen LogP contribution in [0.1, 0.15) is 34.7 Å². The van der Waals surface area contributed by atoms with E-state index >= 15 is 0 Å². The van der Waals surface area contributed by atoms with Gasteiger partial charge in [0, 0.05) is 30.0 Å². The standard InChI is InChI=1S/C24H27N5O4S/c1-4-28(5-2)18-13-11-17(12-14-18)22(31)27-26-21(30)16-33-23(32)20-15-25-24(34-3)29(20)19-9-7-6-8-10-19/h6-15H,4-5,16H2,1-3H3,(H,26,30)(H,27,31). The second-order valence-electron chi connectivity index (χ2n) is 7.10. The van der Waals surface area contributed by atoms with Crippen molar-refractivity contribution in [3.05, 3.63) is 72.1 Å². The Labute approximate surface area is 202 Å². The number of nitrogens with zero attached hydrogens (tertiary/aromatic N) is 3. The summed E-state index contributed by atoms with van der Waals surface area (Å²) in [6, 6.07) is 16.3. The van der Waals surface area contributed by atoms with Crippen molar-refractivity contribution < 1.29 is 19.1 Å². The molecule has 1 aromatic heterocycles. The molecule has 2 N–H and O–H groups in total. The van der Waals surface area contributed by atoms with Gasteiger partial charge in [0.25, 0.3) is 11.8 Å². The van der Waals surface area contributed by atoms with Crippen molar-refractivity contribution in [3.63, 3.8) is 0 Å². The monoisotopic (exact) mass is 481 g/mol. The molecule has 1 heterocycles. The number of hydrazine groups is 1. The van der Waals surface area contributed by atoms with E-state index in [0.717, 1.165) is 24.5 Å². The highest BCUT2D eigenvalue weighted by Gasteiger charge is 2.20. The highest BCUT2D eigenvalue weighted by molar-refractivity contribution is 7.98. The Balaban J connectivity index is 1.54. The maximum absolute atomic E-state index is 12.6. The lowest BCUT2D eigenvalue weighted by Crippen LogP contribution is -2.43. The first kappa shape index (κ1) is 24.8. The van der Waals surface area contributed by atoms with Gasteiger partial charge in [0.15, 0.2) is 17.5 Å². The number of thioether (sulfide) groups is 1. The molecule has 0 saturated carbocycles. The number of aromatic nitrogens is 2. The number of hydrogen-bond donors (Lipinski definition) is 2. The minimum atomic E-state index is -0.704. The Morgan fingerprint density at radius 1 is 1.00 bits per heavy atom. The molecule has 34 heavy (non-hydrogen) atoms. The molecular weight excluding hydrogens is 454 g/mol. The highest BCUT2D eigenvalue weighted by Crippen LogP contribution is 2.22. The summed E-state index contributed by atoms with van der Waals surface area (Å²) >= 11 is 1.38. The van der Waals surface area contributed by atoms with Crippen LogP contribution in [0.15, 0.2) is 66.0 Å². The highest BCUT2D eigenvalue weighted by atomic mass is 32.2. The van der Waals surface area contributed by atoms with Crippen LogP contribution in [0.4, 0.5) is 5.69 Å². The largest absolute Gasteiger partial charge is 0.451 e. The van der Waals surface area contributed by atoms with Gasteiger partial charge in [-0.25, -0.2) is 9.78 Å². The lowest BCUT2D eigenvalue weighted by atomic mass is 10.2. The minimum absolute atomic E-state index is 0.195. The molecule has 0 aliphatic heterocycles. The summed E-state index contributed by atoms with van der Waals surface area (Å²) in [5, 5.41) is 0.613. The third kappa shape index (κ3) is 5.96. The van der Waals surface area contributed by atoms with E-state index in [9.17, 15) is 14.4 Å². The fourth-order valence-corrected chi connectivity index (χ4v) is 3.85.